The second-order valence-electron chi connectivity index (χ2n) is 10.0. The highest BCUT2D eigenvalue weighted by molar-refractivity contribution is 7.18. The summed E-state index contributed by atoms with van der Waals surface area (Å²) in [6, 6.07) is 11.7. The quantitative estimate of drug-likeness (QED) is 0.312. The summed E-state index contributed by atoms with van der Waals surface area (Å²) in [4.78, 5) is 40.6. The summed E-state index contributed by atoms with van der Waals surface area (Å²) in [7, 11) is 0. The van der Waals surface area contributed by atoms with Crippen LogP contribution in [-0.2, 0) is 4.79 Å². The lowest BCUT2D eigenvalue weighted by Gasteiger charge is -2.33. The van der Waals surface area contributed by atoms with Gasteiger partial charge in [-0.05, 0) is 93.5 Å². The first-order valence-corrected chi connectivity index (χ1v) is 13.8. The molecule has 200 valence electrons. The summed E-state index contributed by atoms with van der Waals surface area (Å²) in [5.41, 5.74) is 1.70. The molecule has 0 aliphatic heterocycles. The predicted octanol–water partition coefficient (Wildman–Crippen LogP) is 7.73. The second-order valence-corrected chi connectivity index (χ2v) is 11.5. The summed E-state index contributed by atoms with van der Waals surface area (Å²) in [6.07, 6.45) is 3.60. The Morgan fingerprint density at radius 2 is 1.71 bits per heavy atom. The second kappa shape index (κ2) is 11.7. The number of halogens is 2. The number of aromatic carboxylic acids is 1. The third-order valence-electron chi connectivity index (χ3n) is 6.89. The van der Waals surface area contributed by atoms with Crippen molar-refractivity contribution in [2.75, 3.05) is 10.2 Å². The monoisotopic (exact) mass is 556 g/mol. The molecule has 6 nitrogen and oxygen atoms in total. The summed E-state index contributed by atoms with van der Waals surface area (Å²) in [5.74, 6) is -1.52. The summed E-state index contributed by atoms with van der Waals surface area (Å²) >= 11 is 7.55. The van der Waals surface area contributed by atoms with Crippen molar-refractivity contribution in [3.8, 4) is 10.4 Å². The number of carbonyl (C=O) groups excluding carboxylic acids is 2. The minimum absolute atomic E-state index is 0.0318. The molecule has 4 rings (SSSR count). The molecular weight excluding hydrogens is 527 g/mol. The number of nitrogens with one attached hydrogen (secondary N) is 1. The molecule has 3 aromatic rings. The number of carbonyl (C=O) groups is 3. The lowest BCUT2D eigenvalue weighted by Crippen LogP contribution is -2.42. The van der Waals surface area contributed by atoms with Crippen molar-refractivity contribution >= 4 is 52.1 Å². The zero-order valence-electron chi connectivity index (χ0n) is 21.5. The van der Waals surface area contributed by atoms with Crippen molar-refractivity contribution in [2.45, 2.75) is 52.5 Å². The van der Waals surface area contributed by atoms with Gasteiger partial charge in [0.25, 0.3) is 5.91 Å². The minimum Gasteiger partial charge on any atom is -0.477 e. The van der Waals surface area contributed by atoms with E-state index in [0.717, 1.165) is 37.0 Å². The van der Waals surface area contributed by atoms with E-state index in [2.05, 4.69) is 12.2 Å². The van der Waals surface area contributed by atoms with E-state index in [1.54, 1.807) is 29.2 Å². The largest absolute Gasteiger partial charge is 0.477 e. The van der Waals surface area contributed by atoms with E-state index < -0.39 is 17.7 Å². The predicted molar refractivity (Wildman–Crippen MR) is 150 cm³/mol. The highest BCUT2D eigenvalue weighted by Gasteiger charge is 2.33. The molecule has 0 bridgehead atoms. The Bertz CT molecular complexity index is 1350. The number of anilines is 2. The van der Waals surface area contributed by atoms with Gasteiger partial charge in [0.2, 0.25) is 5.91 Å². The molecule has 0 atom stereocenters. The lowest BCUT2D eigenvalue weighted by molar-refractivity contribution is -0.123. The van der Waals surface area contributed by atoms with Crippen LogP contribution < -0.4 is 10.2 Å². The van der Waals surface area contributed by atoms with Crippen molar-refractivity contribution in [1.29, 1.82) is 0 Å². The van der Waals surface area contributed by atoms with Gasteiger partial charge in [0, 0.05) is 22.4 Å². The van der Waals surface area contributed by atoms with E-state index in [1.807, 2.05) is 13.8 Å². The van der Waals surface area contributed by atoms with E-state index in [0.29, 0.717) is 27.7 Å². The van der Waals surface area contributed by atoms with Crippen molar-refractivity contribution in [1.82, 2.24) is 0 Å². The number of amides is 2. The topological polar surface area (TPSA) is 86.7 Å². The normalized spacial score (nSPS) is 17.3. The number of carboxylic acids is 1. The van der Waals surface area contributed by atoms with Gasteiger partial charge in [-0.1, -0.05) is 24.6 Å². The molecule has 2 N–H and O–H groups in total. The zero-order chi connectivity index (χ0) is 27.6. The first-order chi connectivity index (χ1) is 18.0. The van der Waals surface area contributed by atoms with E-state index in [4.69, 9.17) is 11.6 Å². The first kappa shape index (κ1) is 27.8. The SMILES string of the molecule is CC1CCC(C(=O)N(c2cc(-c3ccc(NC(=O)c4ccc(F)cc4)c(Cl)c3)sc2C(=O)O)C(C)C)CC1. The average molecular weight is 557 g/mol. The maximum Gasteiger partial charge on any atom is 0.348 e. The molecule has 38 heavy (non-hydrogen) atoms. The van der Waals surface area contributed by atoms with Crippen LogP contribution in [0.5, 0.6) is 0 Å². The molecule has 1 aliphatic rings. The van der Waals surface area contributed by atoms with Crippen LogP contribution in [0.1, 0.15) is 66.5 Å². The molecule has 2 amide bonds. The van der Waals surface area contributed by atoms with Gasteiger partial charge in [-0.25, -0.2) is 9.18 Å². The summed E-state index contributed by atoms with van der Waals surface area (Å²) < 4.78 is 13.2. The number of hydrogen-bond acceptors (Lipinski definition) is 4. The van der Waals surface area contributed by atoms with Crippen LogP contribution in [-0.4, -0.2) is 28.9 Å². The van der Waals surface area contributed by atoms with Crippen LogP contribution in [0.4, 0.5) is 15.8 Å². The molecule has 0 spiro atoms. The van der Waals surface area contributed by atoms with Crippen molar-refractivity contribution in [3.63, 3.8) is 0 Å². The molecule has 2 aromatic carbocycles. The molecule has 1 fully saturated rings. The van der Waals surface area contributed by atoms with Crippen molar-refractivity contribution in [2.24, 2.45) is 11.8 Å². The molecule has 1 saturated carbocycles. The minimum atomic E-state index is -1.10. The molecular formula is C29H30ClFN2O4S. The van der Waals surface area contributed by atoms with Crippen LogP contribution in [0, 0.1) is 17.7 Å². The van der Waals surface area contributed by atoms with E-state index >= 15 is 0 Å². The molecule has 9 heteroatoms. The zero-order valence-corrected chi connectivity index (χ0v) is 23.0. The summed E-state index contributed by atoms with van der Waals surface area (Å²) in [5, 5.41) is 13.0. The maximum absolute atomic E-state index is 13.6. The third kappa shape index (κ3) is 6.08. The Morgan fingerprint density at radius 3 is 2.29 bits per heavy atom. The molecule has 0 radical (unpaired) electrons. The van der Waals surface area contributed by atoms with Gasteiger partial charge in [-0.15, -0.1) is 11.3 Å². The number of carboxylic acid groups (broad SMARTS) is 1. The Morgan fingerprint density at radius 1 is 1.05 bits per heavy atom. The fourth-order valence-corrected chi connectivity index (χ4v) is 5.99. The Balaban J connectivity index is 1.61. The molecule has 1 heterocycles. The van der Waals surface area contributed by atoms with Gasteiger partial charge in [-0.2, -0.15) is 0 Å². The van der Waals surface area contributed by atoms with Gasteiger partial charge in [0.15, 0.2) is 0 Å². The Kier molecular flexibility index (Phi) is 8.53. The fraction of sp³-hybridized carbons (Fsp3) is 0.345. The van der Waals surface area contributed by atoms with Gasteiger partial charge in [0.05, 0.1) is 16.4 Å². The van der Waals surface area contributed by atoms with E-state index in [9.17, 15) is 23.9 Å². The maximum atomic E-state index is 13.6. The van der Waals surface area contributed by atoms with Gasteiger partial charge in [0.1, 0.15) is 10.7 Å². The fourth-order valence-electron chi connectivity index (χ4n) is 4.78. The molecule has 0 saturated heterocycles. The smallest absolute Gasteiger partial charge is 0.348 e. The average Bonchev–Trinajstić information content (AvgIpc) is 3.31. The number of hydrogen-bond donors (Lipinski definition) is 2. The lowest BCUT2D eigenvalue weighted by atomic mass is 9.82. The standard InChI is InChI=1S/C29H30ClFN2O4S/c1-16(2)33(28(35)19-6-4-17(3)5-7-19)24-15-25(38-26(24)29(36)37)20-10-13-23(22(30)14-20)32-27(34)18-8-11-21(31)12-9-18/h8-17,19H,4-7H2,1-3H3,(H,32,34)(H,36,37). The molecule has 1 aromatic heterocycles. The van der Waals surface area contributed by atoms with Crippen LogP contribution >= 0.6 is 22.9 Å². The highest BCUT2D eigenvalue weighted by Crippen LogP contribution is 2.41. The van der Waals surface area contributed by atoms with Crippen molar-refractivity contribution in [3.05, 3.63) is 69.8 Å². The van der Waals surface area contributed by atoms with Gasteiger partial charge in [-0.3, -0.25) is 9.59 Å². The first-order valence-electron chi connectivity index (χ1n) is 12.6. The molecule has 0 unspecified atom stereocenters. The van der Waals surface area contributed by atoms with Gasteiger partial charge >= 0.3 is 5.97 Å². The number of nitrogens with zero attached hydrogens (tertiary/aromatic N) is 1. The van der Waals surface area contributed by atoms with E-state index in [1.165, 1.54) is 24.3 Å². The highest BCUT2D eigenvalue weighted by atomic mass is 35.5. The number of benzene rings is 2. The third-order valence-corrected chi connectivity index (χ3v) is 8.37. The van der Waals surface area contributed by atoms with Crippen LogP contribution in [0.2, 0.25) is 5.02 Å². The van der Waals surface area contributed by atoms with Gasteiger partial charge < -0.3 is 15.3 Å². The van der Waals surface area contributed by atoms with Crippen LogP contribution in [0.15, 0.2) is 48.5 Å². The van der Waals surface area contributed by atoms with Crippen LogP contribution in [0.3, 0.4) is 0 Å². The van der Waals surface area contributed by atoms with Crippen LogP contribution in [0.25, 0.3) is 10.4 Å². The van der Waals surface area contributed by atoms with Crippen molar-refractivity contribution < 1.29 is 23.9 Å². The Labute approximate surface area is 230 Å². The van der Waals surface area contributed by atoms with E-state index in [-0.39, 0.29) is 33.3 Å². The molecule has 1 aliphatic carbocycles. The summed E-state index contributed by atoms with van der Waals surface area (Å²) in [6.45, 7) is 5.97. The number of rotatable bonds is 7. The number of thiophene rings is 1. The Hall–Kier alpha value is -3.23.